The number of carbonyl (C=O) groups is 1. The highest BCUT2D eigenvalue weighted by atomic mass is 16.7. The molecule has 142 valence electrons. The van der Waals surface area contributed by atoms with E-state index in [2.05, 4.69) is 5.32 Å². The molecular formula is C20H23N2O5+. The van der Waals surface area contributed by atoms with Crippen molar-refractivity contribution < 1.29 is 28.6 Å². The zero-order valence-electron chi connectivity index (χ0n) is 15.4. The molecular weight excluding hydrogens is 348 g/mol. The number of rotatable bonds is 5. The highest BCUT2D eigenvalue weighted by molar-refractivity contribution is 5.93. The molecule has 0 aromatic heterocycles. The topological polar surface area (TPSA) is 70.5 Å². The number of likely N-dealkylation sites (N-methyl/N-ethyl adjacent to an activating group) is 1. The van der Waals surface area contributed by atoms with Crippen LogP contribution in [0.4, 0.5) is 5.69 Å². The molecule has 0 spiro atoms. The second kappa shape index (κ2) is 7.36. The van der Waals surface area contributed by atoms with Crippen LogP contribution >= 0.6 is 0 Å². The molecule has 0 saturated carbocycles. The van der Waals surface area contributed by atoms with E-state index in [4.69, 9.17) is 18.9 Å². The summed E-state index contributed by atoms with van der Waals surface area (Å²) in [5.41, 5.74) is 0.690. The quantitative estimate of drug-likeness (QED) is 0.824. The number of carbonyl (C=O) groups excluding carboxylic acids is 1. The maximum Gasteiger partial charge on any atom is 0.282 e. The number of quaternary nitrogens is 1. The maximum atomic E-state index is 12.6. The van der Waals surface area contributed by atoms with Gasteiger partial charge in [0.05, 0.1) is 7.05 Å². The third kappa shape index (κ3) is 3.78. The van der Waals surface area contributed by atoms with Gasteiger partial charge < -0.3 is 29.2 Å². The third-order valence-electron chi connectivity index (χ3n) is 4.89. The van der Waals surface area contributed by atoms with Crippen molar-refractivity contribution in [1.29, 1.82) is 0 Å². The molecule has 2 heterocycles. The summed E-state index contributed by atoms with van der Waals surface area (Å²) < 4.78 is 22.4. The van der Waals surface area contributed by atoms with Gasteiger partial charge in [-0.1, -0.05) is 12.1 Å². The van der Waals surface area contributed by atoms with E-state index in [-0.39, 0.29) is 24.8 Å². The molecule has 1 unspecified atom stereocenters. The predicted molar refractivity (Wildman–Crippen MR) is 98.8 cm³/mol. The maximum absolute atomic E-state index is 12.6. The van der Waals surface area contributed by atoms with Gasteiger partial charge in [-0.15, -0.1) is 0 Å². The Morgan fingerprint density at radius 2 is 1.85 bits per heavy atom. The van der Waals surface area contributed by atoms with Crippen LogP contribution < -0.4 is 29.2 Å². The van der Waals surface area contributed by atoms with E-state index in [0.717, 1.165) is 16.4 Å². The number of fused-ring (bicyclic) bond motifs is 2. The fraction of sp³-hybridized carbons (Fsp3) is 0.350. The Morgan fingerprint density at radius 1 is 1.11 bits per heavy atom. The summed E-state index contributed by atoms with van der Waals surface area (Å²) in [6.45, 7) is 3.24. The minimum Gasteiger partial charge on any atom is -0.486 e. The third-order valence-corrected chi connectivity index (χ3v) is 4.89. The van der Waals surface area contributed by atoms with Crippen LogP contribution in [0.25, 0.3) is 0 Å². The second-order valence-electron chi connectivity index (χ2n) is 6.83. The normalized spacial score (nSPS) is 19.3. The summed E-state index contributed by atoms with van der Waals surface area (Å²) in [5, 5.41) is 2.94. The molecule has 7 nitrogen and oxygen atoms in total. The fourth-order valence-electron chi connectivity index (χ4n) is 3.15. The first-order valence-electron chi connectivity index (χ1n) is 9.01. The van der Waals surface area contributed by atoms with Gasteiger partial charge in [-0.05, 0) is 31.2 Å². The van der Waals surface area contributed by atoms with Crippen LogP contribution in [0.1, 0.15) is 6.92 Å². The first-order chi connectivity index (χ1) is 13.1. The Bertz CT molecular complexity index is 841. The molecule has 0 radical (unpaired) electrons. The van der Waals surface area contributed by atoms with E-state index < -0.39 is 0 Å². The van der Waals surface area contributed by atoms with E-state index in [9.17, 15) is 4.79 Å². The highest BCUT2D eigenvalue weighted by Crippen LogP contribution is 2.34. The first-order valence-corrected chi connectivity index (χ1v) is 9.01. The van der Waals surface area contributed by atoms with Gasteiger partial charge in [0.2, 0.25) is 6.79 Å². The number of amides is 1. The smallest absolute Gasteiger partial charge is 0.282 e. The standard InChI is InChI=1S/C20H22N2O5/c1-13(20(23)21-14-7-8-17-19(9-14)26-12-25-17)22(2)10-15-11-24-16-5-3-4-6-18(16)27-15/h3-9,13,15H,10-12H2,1-2H3,(H,21,23)/p+1/t13-,15-/m1/s1. The van der Waals surface area contributed by atoms with E-state index in [0.29, 0.717) is 30.3 Å². The molecule has 0 bridgehead atoms. The summed E-state index contributed by atoms with van der Waals surface area (Å²) in [6.07, 6.45) is -0.0966. The predicted octanol–water partition coefficient (Wildman–Crippen LogP) is 1.10. The SMILES string of the molecule is C[C@H](C(=O)Nc1ccc2c(c1)OCO2)[NH+](C)C[C@@H]1COc2ccccc2O1. The van der Waals surface area contributed by atoms with Crippen molar-refractivity contribution in [3.63, 3.8) is 0 Å². The van der Waals surface area contributed by atoms with Crippen molar-refractivity contribution in [3.05, 3.63) is 42.5 Å². The summed E-state index contributed by atoms with van der Waals surface area (Å²) in [6, 6.07) is 12.8. The summed E-state index contributed by atoms with van der Waals surface area (Å²) in [7, 11) is 1.98. The first kappa shape index (κ1) is 17.5. The number of anilines is 1. The lowest BCUT2D eigenvalue weighted by atomic mass is 10.2. The number of para-hydroxylation sites is 2. The minimum atomic E-state index is -0.254. The number of hydrogen-bond acceptors (Lipinski definition) is 5. The molecule has 4 rings (SSSR count). The highest BCUT2D eigenvalue weighted by Gasteiger charge is 2.29. The number of benzene rings is 2. The summed E-state index contributed by atoms with van der Waals surface area (Å²) in [4.78, 5) is 13.7. The van der Waals surface area contributed by atoms with Crippen molar-refractivity contribution >= 4 is 11.6 Å². The Labute approximate surface area is 157 Å². The number of nitrogens with one attached hydrogen (secondary N) is 2. The largest absolute Gasteiger partial charge is 0.486 e. The van der Waals surface area contributed by atoms with Crippen molar-refractivity contribution in [2.24, 2.45) is 0 Å². The van der Waals surface area contributed by atoms with Crippen LogP contribution in [0.15, 0.2) is 42.5 Å². The van der Waals surface area contributed by atoms with Gasteiger partial charge in [0, 0.05) is 11.8 Å². The van der Waals surface area contributed by atoms with E-state index in [1.807, 2.05) is 44.3 Å². The van der Waals surface area contributed by atoms with Crippen LogP contribution in [0.5, 0.6) is 23.0 Å². The average molecular weight is 371 g/mol. The van der Waals surface area contributed by atoms with Crippen molar-refractivity contribution in [2.45, 2.75) is 19.1 Å². The van der Waals surface area contributed by atoms with Gasteiger partial charge in [-0.2, -0.15) is 0 Å². The average Bonchev–Trinajstić information content (AvgIpc) is 3.15. The van der Waals surface area contributed by atoms with Crippen molar-refractivity contribution in [2.75, 3.05) is 32.3 Å². The summed E-state index contributed by atoms with van der Waals surface area (Å²) >= 11 is 0. The van der Waals surface area contributed by atoms with Crippen LogP contribution in [0, 0.1) is 0 Å². The second-order valence-corrected chi connectivity index (χ2v) is 6.83. The van der Waals surface area contributed by atoms with Gasteiger partial charge in [0.25, 0.3) is 5.91 Å². The van der Waals surface area contributed by atoms with Crippen LogP contribution in [-0.2, 0) is 4.79 Å². The van der Waals surface area contributed by atoms with Crippen molar-refractivity contribution in [3.8, 4) is 23.0 Å². The zero-order valence-corrected chi connectivity index (χ0v) is 15.4. The molecule has 27 heavy (non-hydrogen) atoms. The van der Waals surface area contributed by atoms with E-state index in [1.165, 1.54) is 0 Å². The Hall–Kier alpha value is -2.93. The van der Waals surface area contributed by atoms with Crippen LogP contribution in [0.2, 0.25) is 0 Å². The molecule has 2 aromatic carbocycles. The summed E-state index contributed by atoms with van der Waals surface area (Å²) in [5.74, 6) is 2.79. The van der Waals surface area contributed by atoms with Gasteiger partial charge in [-0.3, -0.25) is 4.79 Å². The van der Waals surface area contributed by atoms with Gasteiger partial charge >= 0.3 is 0 Å². The van der Waals surface area contributed by atoms with Gasteiger partial charge in [0.1, 0.15) is 13.2 Å². The van der Waals surface area contributed by atoms with Gasteiger partial charge in [-0.25, -0.2) is 0 Å². The number of hydrogen-bond donors (Lipinski definition) is 2. The fourth-order valence-corrected chi connectivity index (χ4v) is 3.15. The molecule has 1 amide bonds. The lowest BCUT2D eigenvalue weighted by molar-refractivity contribution is -0.896. The minimum absolute atomic E-state index is 0.0662. The zero-order chi connectivity index (χ0) is 18.8. The monoisotopic (exact) mass is 371 g/mol. The Balaban J connectivity index is 1.33. The molecule has 2 N–H and O–H groups in total. The molecule has 3 atom stereocenters. The molecule has 2 aromatic rings. The molecule has 0 aliphatic carbocycles. The van der Waals surface area contributed by atoms with Crippen LogP contribution in [0.3, 0.4) is 0 Å². The van der Waals surface area contributed by atoms with Gasteiger partial charge in [0.15, 0.2) is 35.1 Å². The van der Waals surface area contributed by atoms with E-state index in [1.54, 1.807) is 12.1 Å². The van der Waals surface area contributed by atoms with E-state index >= 15 is 0 Å². The van der Waals surface area contributed by atoms with Crippen molar-refractivity contribution in [1.82, 2.24) is 0 Å². The molecule has 7 heteroatoms. The molecule has 2 aliphatic heterocycles. The Kier molecular flexibility index (Phi) is 4.77. The Morgan fingerprint density at radius 3 is 2.70 bits per heavy atom. The number of ether oxygens (including phenoxy) is 4. The molecule has 0 fully saturated rings. The molecule has 0 saturated heterocycles. The lowest BCUT2D eigenvalue weighted by Gasteiger charge is -2.29. The molecule has 2 aliphatic rings. The lowest BCUT2D eigenvalue weighted by Crippen LogP contribution is -3.15. The van der Waals surface area contributed by atoms with Crippen LogP contribution in [-0.4, -0.2) is 45.0 Å².